The molecule has 2 atom stereocenters. The molecular formula is C30H30N4O7. The number of carbonyl (C=O) groups is 3. The third-order valence-electron chi connectivity index (χ3n) is 6.22. The van der Waals surface area contributed by atoms with Gasteiger partial charge in [0.25, 0.3) is 5.69 Å². The SMILES string of the molecule is COC(=O)C(Cc1ccc(N=C(c2ccccc2)C2C(=O)Nc3ccc([N+](=O)[O-])cc32)cc1)NC(=O)OC(C)(C)C. The van der Waals surface area contributed by atoms with Crippen molar-refractivity contribution in [2.75, 3.05) is 12.4 Å². The van der Waals surface area contributed by atoms with Crippen molar-refractivity contribution in [3.05, 3.63) is 99.6 Å². The fourth-order valence-electron chi connectivity index (χ4n) is 4.41. The number of nitrogens with one attached hydrogen (secondary N) is 2. The third-order valence-corrected chi connectivity index (χ3v) is 6.22. The average molecular weight is 559 g/mol. The van der Waals surface area contributed by atoms with Gasteiger partial charge in [-0.15, -0.1) is 0 Å². The number of amides is 2. The summed E-state index contributed by atoms with van der Waals surface area (Å²) in [6.45, 7) is 5.16. The van der Waals surface area contributed by atoms with Crippen LogP contribution in [0.25, 0.3) is 0 Å². The summed E-state index contributed by atoms with van der Waals surface area (Å²) in [5.74, 6) is -1.83. The Morgan fingerprint density at radius 1 is 1.07 bits per heavy atom. The van der Waals surface area contributed by atoms with Gasteiger partial charge in [0, 0.05) is 29.8 Å². The molecule has 4 rings (SSSR count). The predicted molar refractivity (Wildman–Crippen MR) is 152 cm³/mol. The molecule has 0 saturated heterocycles. The van der Waals surface area contributed by atoms with E-state index in [1.165, 1.54) is 25.3 Å². The van der Waals surface area contributed by atoms with Crippen LogP contribution in [0.1, 0.15) is 43.4 Å². The number of ether oxygens (including phenoxy) is 2. The molecule has 0 aliphatic carbocycles. The van der Waals surface area contributed by atoms with Gasteiger partial charge in [0.05, 0.1) is 23.4 Å². The second kappa shape index (κ2) is 12.0. The molecule has 0 spiro atoms. The van der Waals surface area contributed by atoms with Crippen LogP contribution in [0, 0.1) is 10.1 Å². The lowest BCUT2D eigenvalue weighted by atomic mass is 9.90. The normalized spacial score (nSPS) is 15.4. The molecule has 0 aromatic heterocycles. The topological polar surface area (TPSA) is 149 Å². The summed E-state index contributed by atoms with van der Waals surface area (Å²) in [6, 6.07) is 19.4. The van der Waals surface area contributed by atoms with Crippen LogP contribution < -0.4 is 10.6 Å². The third kappa shape index (κ3) is 7.13. The lowest BCUT2D eigenvalue weighted by Gasteiger charge is -2.22. The molecule has 0 saturated carbocycles. The summed E-state index contributed by atoms with van der Waals surface area (Å²) in [4.78, 5) is 53.4. The fourth-order valence-corrected chi connectivity index (χ4v) is 4.41. The van der Waals surface area contributed by atoms with Gasteiger partial charge in [0.1, 0.15) is 17.6 Å². The molecule has 3 aromatic rings. The van der Waals surface area contributed by atoms with Gasteiger partial charge in [-0.2, -0.15) is 0 Å². The number of benzene rings is 3. The number of anilines is 1. The Balaban J connectivity index is 1.64. The maximum Gasteiger partial charge on any atom is 0.408 e. The molecule has 1 aliphatic rings. The number of rotatable bonds is 8. The summed E-state index contributed by atoms with van der Waals surface area (Å²) in [6.07, 6.45) is -0.597. The number of methoxy groups -OCH3 is 1. The Morgan fingerprint density at radius 3 is 2.37 bits per heavy atom. The Labute approximate surface area is 236 Å². The standard InChI is InChI=1S/C30H30N4O7/c1-30(2,3)41-29(37)33-24(28(36)40-4)16-18-10-12-20(13-11-18)31-26(19-8-6-5-7-9-19)25-22-17-21(34(38)39)14-15-23(22)32-27(25)35/h5-15,17,24-25H,16H2,1-4H3,(H,32,35)(H,33,37). The molecule has 11 heteroatoms. The van der Waals surface area contributed by atoms with E-state index in [1.54, 1.807) is 45.0 Å². The first kappa shape index (κ1) is 28.9. The number of nitro benzene ring substituents is 1. The minimum Gasteiger partial charge on any atom is -0.467 e. The lowest BCUT2D eigenvalue weighted by Crippen LogP contribution is -2.45. The van der Waals surface area contributed by atoms with Crippen LogP contribution in [-0.2, 0) is 25.5 Å². The van der Waals surface area contributed by atoms with Crippen molar-refractivity contribution in [1.29, 1.82) is 0 Å². The number of alkyl carbamates (subject to hydrolysis) is 1. The van der Waals surface area contributed by atoms with Crippen molar-refractivity contribution < 1.29 is 28.8 Å². The molecule has 2 N–H and O–H groups in total. The number of aliphatic imine (C=N–C) groups is 1. The highest BCUT2D eigenvalue weighted by Gasteiger charge is 2.36. The Hall–Kier alpha value is -5.06. The molecule has 11 nitrogen and oxygen atoms in total. The molecule has 1 heterocycles. The van der Waals surface area contributed by atoms with Crippen molar-refractivity contribution in [3.8, 4) is 0 Å². The van der Waals surface area contributed by atoms with Gasteiger partial charge in [0.15, 0.2) is 0 Å². The largest absolute Gasteiger partial charge is 0.467 e. The summed E-state index contributed by atoms with van der Waals surface area (Å²) in [7, 11) is 1.24. The molecule has 41 heavy (non-hydrogen) atoms. The second-order valence-corrected chi connectivity index (χ2v) is 10.4. The smallest absolute Gasteiger partial charge is 0.408 e. The molecule has 0 radical (unpaired) electrons. The Morgan fingerprint density at radius 2 is 1.76 bits per heavy atom. The van der Waals surface area contributed by atoms with Gasteiger partial charge in [-0.1, -0.05) is 42.5 Å². The Bertz CT molecular complexity index is 1500. The number of carbonyl (C=O) groups excluding carboxylic acids is 3. The first-order chi connectivity index (χ1) is 19.4. The summed E-state index contributed by atoms with van der Waals surface area (Å²) < 4.78 is 10.1. The zero-order chi connectivity index (χ0) is 29.7. The van der Waals surface area contributed by atoms with E-state index < -0.39 is 34.5 Å². The number of non-ortho nitro benzene ring substituents is 1. The number of esters is 1. The number of nitrogens with zero attached hydrogens (tertiary/aromatic N) is 2. The fraction of sp³-hybridized carbons (Fsp3) is 0.267. The summed E-state index contributed by atoms with van der Waals surface area (Å²) >= 11 is 0. The second-order valence-electron chi connectivity index (χ2n) is 10.4. The van der Waals surface area contributed by atoms with E-state index in [0.717, 1.165) is 5.56 Å². The van der Waals surface area contributed by atoms with Crippen LogP contribution in [0.5, 0.6) is 0 Å². The van der Waals surface area contributed by atoms with Crippen molar-refractivity contribution in [1.82, 2.24) is 5.32 Å². The van der Waals surface area contributed by atoms with Crippen LogP contribution in [0.4, 0.5) is 21.9 Å². The monoisotopic (exact) mass is 558 g/mol. The minimum absolute atomic E-state index is 0.123. The number of nitro groups is 1. The van der Waals surface area contributed by atoms with Gasteiger partial charge in [-0.3, -0.25) is 19.9 Å². The van der Waals surface area contributed by atoms with Crippen molar-refractivity contribution in [3.63, 3.8) is 0 Å². The van der Waals surface area contributed by atoms with E-state index >= 15 is 0 Å². The number of fused-ring (bicyclic) bond motifs is 1. The number of hydrogen-bond acceptors (Lipinski definition) is 8. The maximum absolute atomic E-state index is 13.1. The van der Waals surface area contributed by atoms with Crippen molar-refractivity contribution >= 4 is 40.7 Å². The van der Waals surface area contributed by atoms with E-state index in [1.807, 2.05) is 30.3 Å². The Kier molecular flexibility index (Phi) is 8.46. The van der Waals surface area contributed by atoms with Crippen molar-refractivity contribution in [2.24, 2.45) is 4.99 Å². The molecule has 1 aliphatic heterocycles. The average Bonchev–Trinajstić information content (AvgIpc) is 3.25. The highest BCUT2D eigenvalue weighted by atomic mass is 16.6. The zero-order valence-corrected chi connectivity index (χ0v) is 23.0. The molecule has 212 valence electrons. The van der Waals surface area contributed by atoms with Crippen LogP contribution >= 0.6 is 0 Å². The van der Waals surface area contributed by atoms with Gasteiger partial charge < -0.3 is 20.1 Å². The van der Waals surface area contributed by atoms with E-state index in [2.05, 4.69) is 10.6 Å². The first-order valence-electron chi connectivity index (χ1n) is 12.8. The van der Waals surface area contributed by atoms with Crippen LogP contribution in [-0.4, -0.2) is 47.4 Å². The van der Waals surface area contributed by atoms with E-state index in [0.29, 0.717) is 28.2 Å². The van der Waals surface area contributed by atoms with Crippen LogP contribution in [0.3, 0.4) is 0 Å². The number of hydrogen-bond donors (Lipinski definition) is 2. The highest BCUT2D eigenvalue weighted by molar-refractivity contribution is 6.24. The predicted octanol–water partition coefficient (Wildman–Crippen LogP) is 5.06. The summed E-state index contributed by atoms with van der Waals surface area (Å²) in [5, 5.41) is 16.8. The van der Waals surface area contributed by atoms with Crippen molar-refractivity contribution in [2.45, 2.75) is 44.8 Å². The van der Waals surface area contributed by atoms with Crippen LogP contribution in [0.15, 0.2) is 77.8 Å². The highest BCUT2D eigenvalue weighted by Crippen LogP contribution is 2.38. The lowest BCUT2D eigenvalue weighted by molar-refractivity contribution is -0.384. The van der Waals surface area contributed by atoms with Gasteiger partial charge in [0.2, 0.25) is 5.91 Å². The van der Waals surface area contributed by atoms with E-state index in [4.69, 9.17) is 14.5 Å². The molecular weight excluding hydrogens is 528 g/mol. The van der Waals surface area contributed by atoms with Crippen LogP contribution in [0.2, 0.25) is 0 Å². The van der Waals surface area contributed by atoms with Gasteiger partial charge in [-0.05, 0) is 50.1 Å². The quantitative estimate of drug-likeness (QED) is 0.170. The van der Waals surface area contributed by atoms with E-state index in [9.17, 15) is 24.5 Å². The van der Waals surface area contributed by atoms with Gasteiger partial charge >= 0.3 is 12.1 Å². The van der Waals surface area contributed by atoms with Gasteiger partial charge in [-0.25, -0.2) is 9.59 Å². The first-order valence-corrected chi connectivity index (χ1v) is 12.8. The van der Waals surface area contributed by atoms with E-state index in [-0.39, 0.29) is 18.0 Å². The molecule has 2 unspecified atom stereocenters. The molecule has 2 amide bonds. The molecule has 3 aromatic carbocycles. The molecule has 0 fully saturated rings. The molecule has 0 bridgehead atoms. The zero-order valence-electron chi connectivity index (χ0n) is 23.0. The maximum atomic E-state index is 13.1. The minimum atomic E-state index is -0.974. The summed E-state index contributed by atoms with van der Waals surface area (Å²) in [5.41, 5.74) is 2.46.